The van der Waals surface area contributed by atoms with Crippen molar-refractivity contribution in [3.63, 3.8) is 0 Å². The molecule has 0 aliphatic carbocycles. The highest BCUT2D eigenvalue weighted by Crippen LogP contribution is 2.32. The maximum absolute atomic E-state index is 13.2. The summed E-state index contributed by atoms with van der Waals surface area (Å²) < 4.78 is 25.6. The number of halogens is 1. The molecule has 3 heteroatoms. The summed E-state index contributed by atoms with van der Waals surface area (Å²) in [6, 6.07) is 11.9. The van der Waals surface area contributed by atoms with Gasteiger partial charge in [0, 0.05) is 28.4 Å². The van der Waals surface area contributed by atoms with Crippen molar-refractivity contribution in [1.82, 2.24) is 0 Å². The molecule has 0 fully saturated rings. The fraction of sp³-hybridized carbons (Fsp3) is 0. The first-order valence-corrected chi connectivity index (χ1v) is 6.39. The Hall–Kier alpha value is -1.58. The van der Waals surface area contributed by atoms with Crippen molar-refractivity contribution >= 4 is 23.3 Å². The lowest BCUT2D eigenvalue weighted by Crippen LogP contribution is -2.04. The predicted molar refractivity (Wildman–Crippen MR) is 66.4 cm³/mol. The largest absolute Gasteiger partial charge is 0.606 e. The third kappa shape index (κ3) is 1.77. The van der Waals surface area contributed by atoms with E-state index in [0.717, 1.165) is 16.0 Å². The summed E-state index contributed by atoms with van der Waals surface area (Å²) in [6.07, 6.45) is 3.79. The smallest absolute Gasteiger partial charge is 0.168 e. The van der Waals surface area contributed by atoms with Gasteiger partial charge in [-0.2, -0.15) is 0 Å². The van der Waals surface area contributed by atoms with Gasteiger partial charge in [0.15, 0.2) is 9.79 Å². The summed E-state index contributed by atoms with van der Waals surface area (Å²) in [5, 5.41) is 0. The Morgan fingerprint density at radius 3 is 2.41 bits per heavy atom. The second-order valence-electron chi connectivity index (χ2n) is 3.82. The van der Waals surface area contributed by atoms with E-state index in [1.54, 1.807) is 6.07 Å². The highest BCUT2D eigenvalue weighted by molar-refractivity contribution is 7.91. The summed E-state index contributed by atoms with van der Waals surface area (Å²) in [5.41, 5.74) is 1.73. The molecule has 0 radical (unpaired) electrons. The molecule has 84 valence electrons. The number of hydrogen-bond donors (Lipinski definition) is 0. The Kier molecular flexibility index (Phi) is 2.50. The minimum absolute atomic E-state index is 0.357. The maximum atomic E-state index is 13.2. The van der Waals surface area contributed by atoms with E-state index in [-0.39, 0.29) is 5.82 Å². The molecule has 0 spiro atoms. The molecule has 0 bridgehead atoms. The molecule has 1 nitrogen and oxygen atoms in total. The standard InChI is InChI=1S/C14H9FOS/c15-12-8-7-11-6-5-10-3-1-2-4-13(10)17(16)14(11)9-12/h1-9H. The van der Waals surface area contributed by atoms with E-state index in [1.807, 2.05) is 36.4 Å². The molecule has 1 atom stereocenters. The predicted octanol–water partition coefficient (Wildman–Crippen LogP) is 3.48. The van der Waals surface area contributed by atoms with Crippen molar-refractivity contribution < 1.29 is 8.94 Å². The van der Waals surface area contributed by atoms with E-state index in [0.29, 0.717) is 4.90 Å². The van der Waals surface area contributed by atoms with Gasteiger partial charge in [0.05, 0.1) is 0 Å². The summed E-state index contributed by atoms with van der Waals surface area (Å²) in [5.74, 6) is -0.357. The van der Waals surface area contributed by atoms with E-state index < -0.39 is 11.2 Å². The molecule has 17 heavy (non-hydrogen) atoms. The van der Waals surface area contributed by atoms with Gasteiger partial charge in [-0.1, -0.05) is 12.1 Å². The monoisotopic (exact) mass is 244 g/mol. The molecule has 1 aliphatic rings. The molecular formula is C14H9FOS. The average Bonchev–Trinajstić information content (AvgIpc) is 2.49. The van der Waals surface area contributed by atoms with Gasteiger partial charge in [-0.25, -0.2) is 4.39 Å². The lowest BCUT2D eigenvalue weighted by Gasteiger charge is -2.11. The van der Waals surface area contributed by atoms with Gasteiger partial charge in [-0.05, 0) is 36.4 Å². The minimum atomic E-state index is -1.32. The van der Waals surface area contributed by atoms with E-state index >= 15 is 0 Å². The zero-order chi connectivity index (χ0) is 11.8. The van der Waals surface area contributed by atoms with E-state index in [1.165, 1.54) is 12.1 Å². The number of fused-ring (bicyclic) bond motifs is 2. The van der Waals surface area contributed by atoms with E-state index in [4.69, 9.17) is 0 Å². The molecule has 0 N–H and O–H groups in total. The van der Waals surface area contributed by atoms with Crippen LogP contribution in [0.1, 0.15) is 11.1 Å². The Morgan fingerprint density at radius 2 is 1.59 bits per heavy atom. The molecule has 1 unspecified atom stereocenters. The lowest BCUT2D eigenvalue weighted by molar-refractivity contribution is 0.590. The molecule has 0 saturated carbocycles. The highest BCUT2D eigenvalue weighted by atomic mass is 32.2. The van der Waals surface area contributed by atoms with Gasteiger partial charge in [-0.3, -0.25) is 0 Å². The van der Waals surface area contributed by atoms with Crippen LogP contribution in [0.5, 0.6) is 0 Å². The third-order valence-corrected chi connectivity index (χ3v) is 4.26. The van der Waals surface area contributed by atoms with Crippen LogP contribution >= 0.6 is 0 Å². The normalized spacial score (nSPS) is 17.2. The SMILES string of the molecule is [O-][S+]1c2ccccc2C=Cc2ccc(F)cc21. The van der Waals surface area contributed by atoms with Crippen molar-refractivity contribution in [3.05, 3.63) is 59.4 Å². The summed E-state index contributed by atoms with van der Waals surface area (Å²) in [4.78, 5) is 1.26. The molecule has 2 aromatic rings. The Balaban J connectivity index is 2.25. The Bertz CT molecular complexity index is 607. The zero-order valence-electron chi connectivity index (χ0n) is 8.89. The molecule has 0 saturated heterocycles. The minimum Gasteiger partial charge on any atom is -0.606 e. The van der Waals surface area contributed by atoms with Crippen LogP contribution in [0.3, 0.4) is 0 Å². The summed E-state index contributed by atoms with van der Waals surface area (Å²) in [6.45, 7) is 0. The average molecular weight is 244 g/mol. The number of rotatable bonds is 0. The van der Waals surface area contributed by atoms with Crippen molar-refractivity contribution in [2.24, 2.45) is 0 Å². The van der Waals surface area contributed by atoms with Crippen molar-refractivity contribution in [1.29, 1.82) is 0 Å². The fourth-order valence-corrected chi connectivity index (χ4v) is 3.25. The van der Waals surface area contributed by atoms with Crippen LogP contribution < -0.4 is 0 Å². The lowest BCUT2D eigenvalue weighted by atomic mass is 10.1. The number of hydrogen-bond acceptors (Lipinski definition) is 1. The first kappa shape index (κ1) is 10.6. The number of benzene rings is 2. The van der Waals surface area contributed by atoms with Gasteiger partial charge in [0.1, 0.15) is 5.82 Å². The Morgan fingerprint density at radius 1 is 0.882 bits per heavy atom. The van der Waals surface area contributed by atoms with Crippen molar-refractivity contribution in [2.45, 2.75) is 9.79 Å². The van der Waals surface area contributed by atoms with Gasteiger partial charge >= 0.3 is 0 Å². The van der Waals surface area contributed by atoms with E-state index in [2.05, 4.69) is 0 Å². The second-order valence-corrected chi connectivity index (χ2v) is 5.24. The van der Waals surface area contributed by atoms with Gasteiger partial charge in [0.25, 0.3) is 0 Å². The van der Waals surface area contributed by atoms with Crippen LogP contribution in [0.4, 0.5) is 4.39 Å². The van der Waals surface area contributed by atoms with Crippen molar-refractivity contribution in [2.75, 3.05) is 0 Å². The van der Waals surface area contributed by atoms with Crippen LogP contribution in [0.15, 0.2) is 52.3 Å². The first-order valence-electron chi connectivity index (χ1n) is 5.24. The molecule has 3 rings (SSSR count). The molecule has 0 aromatic heterocycles. The molecular weight excluding hydrogens is 235 g/mol. The van der Waals surface area contributed by atoms with Crippen LogP contribution in [-0.2, 0) is 11.2 Å². The topological polar surface area (TPSA) is 23.1 Å². The van der Waals surface area contributed by atoms with Gasteiger partial charge in [-0.15, -0.1) is 0 Å². The first-order chi connectivity index (χ1) is 8.25. The molecule has 1 aliphatic heterocycles. The Labute approximate surface area is 102 Å². The molecule has 1 heterocycles. The van der Waals surface area contributed by atoms with Crippen LogP contribution in [0.25, 0.3) is 12.2 Å². The third-order valence-electron chi connectivity index (χ3n) is 2.74. The summed E-state index contributed by atoms with van der Waals surface area (Å²) in [7, 11) is 0. The highest BCUT2D eigenvalue weighted by Gasteiger charge is 2.23. The summed E-state index contributed by atoms with van der Waals surface area (Å²) >= 11 is -1.32. The van der Waals surface area contributed by atoms with Crippen molar-refractivity contribution in [3.8, 4) is 0 Å². The molecule has 0 amide bonds. The van der Waals surface area contributed by atoms with Gasteiger partial charge in [0.2, 0.25) is 0 Å². The zero-order valence-corrected chi connectivity index (χ0v) is 9.71. The van der Waals surface area contributed by atoms with E-state index in [9.17, 15) is 8.94 Å². The molecule has 2 aromatic carbocycles. The van der Waals surface area contributed by atoms with Crippen LogP contribution in [0.2, 0.25) is 0 Å². The van der Waals surface area contributed by atoms with Crippen LogP contribution in [0, 0.1) is 5.82 Å². The van der Waals surface area contributed by atoms with Gasteiger partial charge < -0.3 is 4.55 Å². The second kappa shape index (κ2) is 4.02. The fourth-order valence-electron chi connectivity index (χ4n) is 1.89. The quantitative estimate of drug-likeness (QED) is 0.651. The maximum Gasteiger partial charge on any atom is 0.168 e. The van der Waals surface area contributed by atoms with Crippen LogP contribution in [-0.4, -0.2) is 4.55 Å².